The highest BCUT2D eigenvalue weighted by Crippen LogP contribution is 2.21. The third kappa shape index (κ3) is 4.26. The van der Waals surface area contributed by atoms with E-state index in [0.29, 0.717) is 6.54 Å². The number of nitrogens with one attached hydrogen (secondary N) is 1. The molecule has 2 N–H and O–H groups in total. The van der Waals surface area contributed by atoms with Crippen molar-refractivity contribution in [2.24, 2.45) is 0 Å². The normalized spacial score (nSPS) is 16.7. The second-order valence-corrected chi connectivity index (χ2v) is 7.15. The van der Waals surface area contributed by atoms with Crippen LogP contribution >= 0.6 is 0 Å². The molecule has 0 aliphatic carbocycles. The van der Waals surface area contributed by atoms with E-state index in [9.17, 15) is 9.32 Å². The molecule has 0 aromatic heterocycles. The van der Waals surface area contributed by atoms with Gasteiger partial charge in [0.05, 0.1) is 5.60 Å². The first-order valence-corrected chi connectivity index (χ1v) is 8.90. The fraction of sp³-hybridized carbons (Fsp3) is 0.333. The van der Waals surface area contributed by atoms with E-state index >= 15 is 0 Å². The highest BCUT2D eigenvalue weighted by atomic mass is 32.2. The summed E-state index contributed by atoms with van der Waals surface area (Å²) < 4.78 is 11.4. The molecule has 3 atom stereocenters. The van der Waals surface area contributed by atoms with E-state index < -0.39 is 16.4 Å². The van der Waals surface area contributed by atoms with Crippen molar-refractivity contribution in [3.05, 3.63) is 65.7 Å². The zero-order valence-electron chi connectivity index (χ0n) is 13.2. The molecule has 0 radical (unpaired) electrons. The molecule has 2 rings (SSSR count). The van der Waals surface area contributed by atoms with Crippen molar-refractivity contribution in [2.45, 2.75) is 30.4 Å². The maximum Gasteiger partial charge on any atom is 0.0992 e. The maximum absolute atomic E-state index is 11.4. The second-order valence-electron chi connectivity index (χ2n) is 5.77. The van der Waals surface area contributed by atoms with E-state index in [1.54, 1.807) is 6.26 Å². The standard InChI is InChI=1S/C18H23NO2S/c1-14(15-9-11-17(12-10-15)22(3)21)19-13-18(2,20)16-7-5-4-6-8-16/h4-12,14,19-20H,13H2,1-3H3. The molecule has 0 aliphatic rings. The Morgan fingerprint density at radius 1 is 1.14 bits per heavy atom. The third-order valence-corrected chi connectivity index (χ3v) is 4.80. The third-order valence-electron chi connectivity index (χ3n) is 3.86. The molecule has 3 nitrogen and oxygen atoms in total. The van der Waals surface area contributed by atoms with Gasteiger partial charge in [0.25, 0.3) is 0 Å². The van der Waals surface area contributed by atoms with E-state index in [4.69, 9.17) is 0 Å². The summed E-state index contributed by atoms with van der Waals surface area (Å²) in [5.41, 5.74) is 1.09. The van der Waals surface area contributed by atoms with Gasteiger partial charge in [-0.05, 0) is 37.1 Å². The molecule has 118 valence electrons. The molecule has 0 saturated carbocycles. The molecule has 3 unspecified atom stereocenters. The quantitative estimate of drug-likeness (QED) is 0.861. The Morgan fingerprint density at radius 2 is 1.73 bits per heavy atom. The van der Waals surface area contributed by atoms with Crippen molar-refractivity contribution in [1.29, 1.82) is 0 Å². The average molecular weight is 317 g/mol. The molecule has 0 heterocycles. The molecule has 2 aromatic rings. The van der Waals surface area contributed by atoms with Crippen LogP contribution in [-0.4, -0.2) is 22.1 Å². The maximum atomic E-state index is 11.4. The summed E-state index contributed by atoms with van der Waals surface area (Å²) in [7, 11) is -0.954. The molecule has 4 heteroatoms. The fourth-order valence-electron chi connectivity index (χ4n) is 2.32. The smallest absolute Gasteiger partial charge is 0.0992 e. The summed E-state index contributed by atoms with van der Waals surface area (Å²) in [5.74, 6) is 0. The van der Waals surface area contributed by atoms with Gasteiger partial charge in [-0.1, -0.05) is 42.5 Å². The van der Waals surface area contributed by atoms with Crippen molar-refractivity contribution in [2.75, 3.05) is 12.8 Å². The highest BCUT2D eigenvalue weighted by Gasteiger charge is 2.23. The molecule has 0 spiro atoms. The van der Waals surface area contributed by atoms with Crippen LogP contribution < -0.4 is 5.32 Å². The molecule has 0 aliphatic heterocycles. The summed E-state index contributed by atoms with van der Waals surface area (Å²) in [4.78, 5) is 0.826. The van der Waals surface area contributed by atoms with Crippen LogP contribution in [0.4, 0.5) is 0 Å². The Balaban J connectivity index is 2.00. The molecule has 0 bridgehead atoms. The molecule has 0 amide bonds. The van der Waals surface area contributed by atoms with E-state index in [2.05, 4.69) is 12.2 Å². The van der Waals surface area contributed by atoms with Crippen LogP contribution in [0, 0.1) is 0 Å². The number of hydrogen-bond acceptors (Lipinski definition) is 3. The first-order valence-electron chi connectivity index (χ1n) is 7.35. The lowest BCUT2D eigenvalue weighted by molar-refractivity contribution is 0.0543. The lowest BCUT2D eigenvalue weighted by Gasteiger charge is -2.26. The molecule has 22 heavy (non-hydrogen) atoms. The molecule has 0 fully saturated rings. The Morgan fingerprint density at radius 3 is 2.27 bits per heavy atom. The van der Waals surface area contributed by atoms with E-state index in [0.717, 1.165) is 16.0 Å². The highest BCUT2D eigenvalue weighted by molar-refractivity contribution is 7.84. The van der Waals surface area contributed by atoms with Crippen LogP contribution in [0.15, 0.2) is 59.5 Å². The van der Waals surface area contributed by atoms with Crippen molar-refractivity contribution >= 4 is 10.8 Å². The van der Waals surface area contributed by atoms with Gasteiger partial charge in [0.15, 0.2) is 0 Å². The van der Waals surface area contributed by atoms with Gasteiger partial charge in [0.2, 0.25) is 0 Å². The SMILES string of the molecule is CC(NCC(C)(O)c1ccccc1)c1ccc(S(C)=O)cc1. The Hall–Kier alpha value is -1.49. The van der Waals surface area contributed by atoms with Crippen LogP contribution in [0.1, 0.15) is 31.0 Å². The van der Waals surface area contributed by atoms with Crippen molar-refractivity contribution < 1.29 is 9.32 Å². The lowest BCUT2D eigenvalue weighted by atomic mass is 9.95. The van der Waals surface area contributed by atoms with Gasteiger partial charge in [-0.25, -0.2) is 0 Å². The number of rotatable bonds is 6. The van der Waals surface area contributed by atoms with Gasteiger partial charge in [0.1, 0.15) is 0 Å². The Labute approximate surface area is 134 Å². The molecular weight excluding hydrogens is 294 g/mol. The van der Waals surface area contributed by atoms with Crippen molar-refractivity contribution in [3.63, 3.8) is 0 Å². The number of aliphatic hydroxyl groups is 1. The molecule has 0 saturated heterocycles. The zero-order valence-corrected chi connectivity index (χ0v) is 14.1. The van der Waals surface area contributed by atoms with Gasteiger partial charge >= 0.3 is 0 Å². The minimum Gasteiger partial charge on any atom is -0.384 e. The summed E-state index contributed by atoms with van der Waals surface area (Å²) >= 11 is 0. The van der Waals surface area contributed by atoms with Crippen molar-refractivity contribution in [1.82, 2.24) is 5.32 Å². The Bertz CT molecular complexity index is 623. The van der Waals surface area contributed by atoms with Gasteiger partial charge in [-0.2, -0.15) is 0 Å². The monoisotopic (exact) mass is 317 g/mol. The summed E-state index contributed by atoms with van der Waals surface area (Å²) in [5, 5.41) is 14.0. The topological polar surface area (TPSA) is 49.3 Å². The van der Waals surface area contributed by atoms with E-state index in [1.165, 1.54) is 0 Å². The van der Waals surface area contributed by atoms with Crippen LogP contribution in [0.3, 0.4) is 0 Å². The number of hydrogen-bond donors (Lipinski definition) is 2. The van der Waals surface area contributed by atoms with Gasteiger partial charge in [-0.3, -0.25) is 4.21 Å². The number of benzene rings is 2. The Kier molecular flexibility index (Phi) is 5.51. The molecular formula is C18H23NO2S. The van der Waals surface area contributed by atoms with Crippen LogP contribution in [-0.2, 0) is 16.4 Å². The first kappa shape index (κ1) is 16.9. The van der Waals surface area contributed by atoms with Gasteiger partial charge < -0.3 is 10.4 Å². The molecule has 2 aromatic carbocycles. The zero-order chi connectivity index (χ0) is 16.2. The predicted octanol–water partition coefficient (Wildman–Crippen LogP) is 2.98. The second kappa shape index (κ2) is 7.18. The van der Waals surface area contributed by atoms with Crippen LogP contribution in [0.2, 0.25) is 0 Å². The lowest BCUT2D eigenvalue weighted by Crippen LogP contribution is -2.36. The first-order chi connectivity index (χ1) is 10.4. The van der Waals surface area contributed by atoms with Crippen LogP contribution in [0.25, 0.3) is 0 Å². The average Bonchev–Trinajstić information content (AvgIpc) is 2.53. The summed E-state index contributed by atoms with van der Waals surface area (Å²) in [6, 6.07) is 17.5. The largest absolute Gasteiger partial charge is 0.384 e. The van der Waals surface area contributed by atoms with Crippen LogP contribution in [0.5, 0.6) is 0 Å². The summed E-state index contributed by atoms with van der Waals surface area (Å²) in [6.45, 7) is 4.32. The minimum absolute atomic E-state index is 0.106. The van der Waals surface area contributed by atoms with Gasteiger partial charge in [0, 0.05) is 34.5 Å². The summed E-state index contributed by atoms with van der Waals surface area (Å²) in [6.07, 6.45) is 1.67. The minimum atomic E-state index is -0.954. The van der Waals surface area contributed by atoms with E-state index in [-0.39, 0.29) is 6.04 Å². The van der Waals surface area contributed by atoms with E-state index in [1.807, 2.05) is 61.5 Å². The predicted molar refractivity (Wildman–Crippen MR) is 91.2 cm³/mol. The van der Waals surface area contributed by atoms with Gasteiger partial charge in [-0.15, -0.1) is 0 Å². The van der Waals surface area contributed by atoms with Crippen molar-refractivity contribution in [3.8, 4) is 0 Å². The fourth-order valence-corrected chi connectivity index (χ4v) is 2.84.